The van der Waals surface area contributed by atoms with E-state index in [9.17, 15) is 13.2 Å². The van der Waals surface area contributed by atoms with Crippen LogP contribution in [0.4, 0.5) is 5.69 Å². The van der Waals surface area contributed by atoms with Crippen molar-refractivity contribution in [2.75, 3.05) is 38.7 Å². The Morgan fingerprint density at radius 2 is 1.75 bits per heavy atom. The molecule has 7 nitrogen and oxygen atoms in total. The van der Waals surface area contributed by atoms with Crippen LogP contribution in [-0.4, -0.2) is 52.0 Å². The molecule has 1 heterocycles. The minimum Gasteiger partial charge on any atom is -0.496 e. The van der Waals surface area contributed by atoms with E-state index in [1.165, 1.54) is 21.9 Å². The number of methoxy groups -OCH3 is 1. The van der Waals surface area contributed by atoms with Crippen LogP contribution in [0.15, 0.2) is 82.6 Å². The summed E-state index contributed by atoms with van der Waals surface area (Å²) in [5, 5.41) is 2.92. The molecule has 0 bridgehead atoms. The lowest BCUT2D eigenvalue weighted by Gasteiger charge is -2.26. The molecular weight excluding hydrogens is 496 g/mol. The molecule has 0 aromatic heterocycles. The van der Waals surface area contributed by atoms with Gasteiger partial charge in [0.1, 0.15) is 5.75 Å². The Morgan fingerprint density at radius 3 is 2.44 bits per heavy atom. The molecule has 0 radical (unpaired) electrons. The summed E-state index contributed by atoms with van der Waals surface area (Å²) in [7, 11) is -2.09. The summed E-state index contributed by atoms with van der Waals surface area (Å²) in [6.07, 6.45) is 0.552. The zero-order valence-electron chi connectivity index (χ0n) is 20.2. The summed E-state index contributed by atoms with van der Waals surface area (Å²) < 4.78 is 38.2. The van der Waals surface area contributed by atoms with Gasteiger partial charge in [0.25, 0.3) is 0 Å². The van der Waals surface area contributed by atoms with Gasteiger partial charge in [0.15, 0.2) is 0 Å². The van der Waals surface area contributed by atoms with E-state index < -0.39 is 10.0 Å². The van der Waals surface area contributed by atoms with Crippen molar-refractivity contribution in [1.82, 2.24) is 4.31 Å². The van der Waals surface area contributed by atoms with Crippen molar-refractivity contribution in [1.29, 1.82) is 0 Å². The molecule has 1 amide bonds. The Morgan fingerprint density at radius 1 is 1.03 bits per heavy atom. The van der Waals surface area contributed by atoms with Crippen molar-refractivity contribution in [2.45, 2.75) is 28.4 Å². The zero-order valence-corrected chi connectivity index (χ0v) is 21.8. The van der Waals surface area contributed by atoms with Crippen molar-refractivity contribution in [2.24, 2.45) is 0 Å². The number of ether oxygens (including phenoxy) is 2. The van der Waals surface area contributed by atoms with Gasteiger partial charge in [-0.25, -0.2) is 8.42 Å². The van der Waals surface area contributed by atoms with E-state index in [0.717, 1.165) is 11.4 Å². The number of thioether (sulfide) groups is 1. The monoisotopic (exact) mass is 526 g/mol. The SMILES string of the molecule is COc1ccc(S(=O)(=O)N2CCOCC2)cc1CCC(=O)Nc1ccc(CSc2ccccc2)cc1. The number of amides is 1. The number of sulfonamides is 1. The number of benzene rings is 3. The smallest absolute Gasteiger partial charge is 0.243 e. The van der Waals surface area contributed by atoms with Crippen LogP contribution in [0.2, 0.25) is 0 Å². The minimum atomic E-state index is -3.63. The molecule has 0 atom stereocenters. The first-order chi connectivity index (χ1) is 17.5. The standard InChI is InChI=1S/C27H30N2O5S2/c1-33-26-13-12-25(36(31,32)29-15-17-34-18-16-29)19-22(26)9-14-27(30)28-23-10-7-21(8-11-23)20-35-24-5-3-2-4-6-24/h2-8,10-13,19H,9,14-18,20H2,1H3,(H,28,30). The highest BCUT2D eigenvalue weighted by atomic mass is 32.2. The molecule has 1 aliphatic heterocycles. The summed E-state index contributed by atoms with van der Waals surface area (Å²) in [6, 6.07) is 22.8. The topological polar surface area (TPSA) is 84.9 Å². The molecule has 1 saturated heterocycles. The Labute approximate surface area is 216 Å². The molecule has 1 fully saturated rings. The van der Waals surface area contributed by atoms with E-state index in [1.807, 2.05) is 42.5 Å². The second-order valence-corrected chi connectivity index (χ2v) is 11.3. The van der Waals surface area contributed by atoms with Crippen molar-refractivity contribution in [3.8, 4) is 5.75 Å². The van der Waals surface area contributed by atoms with Crippen molar-refractivity contribution in [3.63, 3.8) is 0 Å². The van der Waals surface area contributed by atoms with Crippen molar-refractivity contribution < 1.29 is 22.7 Å². The van der Waals surface area contributed by atoms with Crippen LogP contribution in [0.5, 0.6) is 5.75 Å². The van der Waals surface area contributed by atoms with Crippen LogP contribution in [0.1, 0.15) is 17.5 Å². The molecule has 0 saturated carbocycles. The summed E-state index contributed by atoms with van der Waals surface area (Å²) in [5.41, 5.74) is 2.57. The van der Waals surface area contributed by atoms with Gasteiger partial charge >= 0.3 is 0 Å². The molecule has 0 spiro atoms. The van der Waals surface area contributed by atoms with E-state index in [4.69, 9.17) is 9.47 Å². The third-order valence-corrected chi connectivity index (χ3v) is 8.85. The molecule has 3 aromatic rings. The average molecular weight is 527 g/mol. The molecule has 36 heavy (non-hydrogen) atoms. The number of hydrogen-bond acceptors (Lipinski definition) is 6. The van der Waals surface area contributed by atoms with Gasteiger partial charge in [-0.05, 0) is 60.0 Å². The third-order valence-electron chi connectivity index (χ3n) is 5.87. The predicted octanol–water partition coefficient (Wildman–Crippen LogP) is 4.58. The lowest BCUT2D eigenvalue weighted by molar-refractivity contribution is -0.116. The third kappa shape index (κ3) is 6.88. The maximum absolute atomic E-state index is 13.0. The van der Waals surface area contributed by atoms with Gasteiger partial charge in [-0.2, -0.15) is 4.31 Å². The van der Waals surface area contributed by atoms with Gasteiger partial charge in [0.05, 0.1) is 25.2 Å². The first-order valence-corrected chi connectivity index (χ1v) is 14.2. The number of carbonyl (C=O) groups is 1. The summed E-state index contributed by atoms with van der Waals surface area (Å²) >= 11 is 1.76. The van der Waals surface area contributed by atoms with E-state index in [1.54, 1.807) is 30.0 Å². The Kier molecular flexibility index (Phi) is 9.03. The fraction of sp³-hybridized carbons (Fsp3) is 0.296. The Hall–Kier alpha value is -2.85. The number of aryl methyl sites for hydroxylation is 1. The second-order valence-electron chi connectivity index (χ2n) is 8.34. The number of nitrogens with one attached hydrogen (secondary N) is 1. The first kappa shape index (κ1) is 26.2. The van der Waals surface area contributed by atoms with Crippen LogP contribution in [0.25, 0.3) is 0 Å². The van der Waals surface area contributed by atoms with Crippen LogP contribution in [0.3, 0.4) is 0 Å². The molecule has 9 heteroatoms. The Bertz CT molecular complexity index is 1260. The molecular formula is C27H30N2O5S2. The van der Waals surface area contributed by atoms with Crippen molar-refractivity contribution >= 4 is 33.4 Å². The highest BCUT2D eigenvalue weighted by Crippen LogP contribution is 2.27. The summed E-state index contributed by atoms with van der Waals surface area (Å²) in [4.78, 5) is 14.0. The Balaban J connectivity index is 1.34. The summed E-state index contributed by atoms with van der Waals surface area (Å²) in [5.74, 6) is 1.26. The van der Waals surface area contributed by atoms with E-state index in [2.05, 4.69) is 17.4 Å². The van der Waals surface area contributed by atoms with Crippen LogP contribution >= 0.6 is 11.8 Å². The van der Waals surface area contributed by atoms with Crippen molar-refractivity contribution in [3.05, 3.63) is 83.9 Å². The van der Waals surface area contributed by atoms with E-state index >= 15 is 0 Å². The minimum absolute atomic E-state index is 0.148. The quantitative estimate of drug-likeness (QED) is 0.389. The molecule has 0 aliphatic carbocycles. The number of rotatable bonds is 10. The largest absolute Gasteiger partial charge is 0.496 e. The lowest BCUT2D eigenvalue weighted by atomic mass is 10.1. The molecule has 1 aliphatic rings. The molecule has 190 valence electrons. The number of morpholine rings is 1. The zero-order chi connectivity index (χ0) is 25.4. The van der Waals surface area contributed by atoms with Gasteiger partial charge in [0, 0.05) is 35.8 Å². The van der Waals surface area contributed by atoms with Crippen LogP contribution in [-0.2, 0) is 31.7 Å². The fourth-order valence-electron chi connectivity index (χ4n) is 3.89. The van der Waals surface area contributed by atoms with Crippen LogP contribution in [0, 0.1) is 0 Å². The maximum atomic E-state index is 13.0. The molecule has 3 aromatic carbocycles. The first-order valence-electron chi connectivity index (χ1n) is 11.8. The second kappa shape index (κ2) is 12.4. The predicted molar refractivity (Wildman–Crippen MR) is 142 cm³/mol. The number of anilines is 1. The van der Waals surface area contributed by atoms with Gasteiger partial charge in [-0.15, -0.1) is 11.8 Å². The van der Waals surface area contributed by atoms with Gasteiger partial charge < -0.3 is 14.8 Å². The van der Waals surface area contributed by atoms with E-state index in [0.29, 0.717) is 44.0 Å². The van der Waals surface area contributed by atoms with Gasteiger partial charge in [-0.3, -0.25) is 4.79 Å². The maximum Gasteiger partial charge on any atom is 0.243 e. The van der Waals surface area contributed by atoms with Crippen LogP contribution < -0.4 is 10.1 Å². The highest BCUT2D eigenvalue weighted by Gasteiger charge is 2.27. The number of carbonyl (C=O) groups excluding carboxylic acids is 1. The molecule has 0 unspecified atom stereocenters. The van der Waals surface area contributed by atoms with E-state index in [-0.39, 0.29) is 17.2 Å². The number of nitrogens with zero attached hydrogens (tertiary/aromatic N) is 1. The average Bonchev–Trinajstić information content (AvgIpc) is 2.92. The van der Waals surface area contributed by atoms with Gasteiger partial charge in [-0.1, -0.05) is 30.3 Å². The van der Waals surface area contributed by atoms with Gasteiger partial charge in [0.2, 0.25) is 15.9 Å². The normalized spacial score (nSPS) is 14.4. The lowest BCUT2D eigenvalue weighted by Crippen LogP contribution is -2.40. The fourth-order valence-corrected chi connectivity index (χ4v) is 6.22. The number of hydrogen-bond donors (Lipinski definition) is 1. The molecule has 4 rings (SSSR count). The highest BCUT2D eigenvalue weighted by molar-refractivity contribution is 7.98. The molecule has 1 N–H and O–H groups in total. The summed E-state index contributed by atoms with van der Waals surface area (Å²) in [6.45, 7) is 1.43.